The van der Waals surface area contributed by atoms with E-state index in [1.807, 2.05) is 23.1 Å². The quantitative estimate of drug-likeness (QED) is 0.660. The van der Waals surface area contributed by atoms with Crippen molar-refractivity contribution in [1.82, 2.24) is 20.1 Å². The topological polar surface area (TPSA) is 87.2 Å². The van der Waals surface area contributed by atoms with E-state index in [0.29, 0.717) is 52.4 Å². The van der Waals surface area contributed by atoms with Gasteiger partial charge in [0, 0.05) is 63.4 Å². The molecule has 0 spiro atoms. The molecule has 2 saturated heterocycles. The van der Waals surface area contributed by atoms with E-state index in [9.17, 15) is 9.59 Å². The Labute approximate surface area is 206 Å². The summed E-state index contributed by atoms with van der Waals surface area (Å²) < 4.78 is 10.9. The summed E-state index contributed by atoms with van der Waals surface area (Å²) >= 11 is 0. The fraction of sp³-hybridized carbons (Fsp3) is 0.500. The lowest BCUT2D eigenvalue weighted by molar-refractivity contribution is -0.136. The maximum atomic E-state index is 13.4. The molecule has 9 heteroatoms. The lowest BCUT2D eigenvalue weighted by Crippen LogP contribution is -2.62. The minimum Gasteiger partial charge on any atom is -0.497 e. The molecule has 1 aromatic carbocycles. The largest absolute Gasteiger partial charge is 0.497 e. The highest BCUT2D eigenvalue weighted by atomic mass is 16.5. The van der Waals surface area contributed by atoms with Crippen LogP contribution in [0.1, 0.15) is 11.1 Å². The monoisotopic (exact) mass is 479 g/mol. The number of benzene rings is 1. The van der Waals surface area contributed by atoms with E-state index < -0.39 is 0 Å². The highest BCUT2D eigenvalue weighted by Gasteiger charge is 2.42. The Bertz CT molecular complexity index is 1040. The number of morpholine rings is 1. The minimum atomic E-state index is -0.209. The Morgan fingerprint density at radius 1 is 1.11 bits per heavy atom. The fourth-order valence-electron chi connectivity index (χ4n) is 5.33. The molecule has 2 amide bonds. The number of rotatable bonds is 6. The van der Waals surface area contributed by atoms with Crippen LogP contribution in [0.15, 0.2) is 42.7 Å². The predicted octanol–water partition coefficient (Wildman–Crippen LogP) is 0.928. The first-order chi connectivity index (χ1) is 17.1. The van der Waals surface area contributed by atoms with Crippen molar-refractivity contribution in [2.45, 2.75) is 19.0 Å². The van der Waals surface area contributed by atoms with Crippen LogP contribution in [0.25, 0.3) is 0 Å². The maximum absolute atomic E-state index is 13.4. The Balaban J connectivity index is 1.33. The zero-order chi connectivity index (χ0) is 24.2. The van der Waals surface area contributed by atoms with Crippen LogP contribution >= 0.6 is 0 Å². The molecule has 9 nitrogen and oxygen atoms in total. The first-order valence-corrected chi connectivity index (χ1v) is 12.3. The van der Waals surface area contributed by atoms with Gasteiger partial charge in [-0.05, 0) is 35.7 Å². The molecule has 1 N–H and O–H groups in total. The van der Waals surface area contributed by atoms with Crippen molar-refractivity contribution >= 4 is 17.5 Å². The van der Waals surface area contributed by atoms with Crippen LogP contribution in [-0.2, 0) is 27.3 Å². The summed E-state index contributed by atoms with van der Waals surface area (Å²) in [7, 11) is 1.67. The van der Waals surface area contributed by atoms with Crippen LogP contribution in [0.5, 0.6) is 5.75 Å². The predicted molar refractivity (Wildman–Crippen MR) is 131 cm³/mol. The van der Waals surface area contributed by atoms with Gasteiger partial charge in [0.2, 0.25) is 11.8 Å². The minimum absolute atomic E-state index is 0.0155. The number of ether oxygens (including phenoxy) is 2. The van der Waals surface area contributed by atoms with Crippen LogP contribution < -0.4 is 15.0 Å². The lowest BCUT2D eigenvalue weighted by atomic mass is 9.83. The highest BCUT2D eigenvalue weighted by molar-refractivity contribution is 5.82. The SMILES string of the molecule is COc1ccc2c(c1)N1CCN(CC(=O)N3CCOCC3)C[C@@H]1[C@@H](C(=O)NCc1ccncc1)C2. The van der Waals surface area contributed by atoms with Crippen LogP contribution in [0.2, 0.25) is 0 Å². The normalized spacial score (nSPS) is 22.2. The fourth-order valence-corrected chi connectivity index (χ4v) is 5.33. The van der Waals surface area contributed by atoms with Gasteiger partial charge in [-0.2, -0.15) is 0 Å². The Morgan fingerprint density at radius 2 is 1.91 bits per heavy atom. The number of nitrogens with zero attached hydrogens (tertiary/aromatic N) is 4. The van der Waals surface area contributed by atoms with E-state index in [0.717, 1.165) is 35.7 Å². The van der Waals surface area contributed by atoms with Crippen LogP contribution in [0.4, 0.5) is 5.69 Å². The zero-order valence-corrected chi connectivity index (χ0v) is 20.2. The van der Waals surface area contributed by atoms with Crippen molar-refractivity contribution in [2.24, 2.45) is 5.92 Å². The van der Waals surface area contributed by atoms with Gasteiger partial charge in [0.1, 0.15) is 5.75 Å². The molecule has 2 fully saturated rings. The number of amides is 2. The molecule has 2 aromatic rings. The van der Waals surface area contributed by atoms with Gasteiger partial charge in [-0.15, -0.1) is 0 Å². The number of nitrogens with one attached hydrogen (secondary N) is 1. The number of methoxy groups -OCH3 is 1. The van der Waals surface area contributed by atoms with Gasteiger partial charge in [-0.25, -0.2) is 0 Å². The number of aromatic nitrogens is 1. The molecule has 0 bridgehead atoms. The first-order valence-electron chi connectivity index (χ1n) is 12.3. The summed E-state index contributed by atoms with van der Waals surface area (Å²) in [5.41, 5.74) is 3.31. The van der Waals surface area contributed by atoms with Gasteiger partial charge in [0.05, 0.1) is 38.8 Å². The van der Waals surface area contributed by atoms with Gasteiger partial charge in [-0.1, -0.05) is 6.07 Å². The molecule has 0 unspecified atom stereocenters. The lowest BCUT2D eigenvalue weighted by Gasteiger charge is -2.49. The molecule has 4 heterocycles. The molecule has 0 saturated carbocycles. The summed E-state index contributed by atoms with van der Waals surface area (Å²) in [6, 6.07) is 9.91. The second-order valence-corrected chi connectivity index (χ2v) is 9.37. The van der Waals surface area contributed by atoms with Crippen molar-refractivity contribution in [3.05, 3.63) is 53.9 Å². The number of anilines is 1. The summed E-state index contributed by atoms with van der Waals surface area (Å²) in [5.74, 6) is 0.782. The van der Waals surface area contributed by atoms with Crippen LogP contribution in [0.3, 0.4) is 0 Å². The van der Waals surface area contributed by atoms with Crippen molar-refractivity contribution in [3.8, 4) is 5.75 Å². The van der Waals surface area contributed by atoms with E-state index in [4.69, 9.17) is 9.47 Å². The third-order valence-electron chi connectivity index (χ3n) is 7.28. The Kier molecular flexibility index (Phi) is 7.15. The summed E-state index contributed by atoms with van der Waals surface area (Å²) in [6.45, 7) is 5.54. The van der Waals surface area contributed by atoms with E-state index in [1.54, 1.807) is 19.5 Å². The molecule has 3 aliphatic rings. The van der Waals surface area contributed by atoms with Crippen molar-refractivity contribution < 1.29 is 19.1 Å². The number of piperazine rings is 1. The van der Waals surface area contributed by atoms with E-state index in [-0.39, 0.29) is 23.8 Å². The molecule has 0 radical (unpaired) electrons. The number of hydrogen-bond acceptors (Lipinski definition) is 7. The van der Waals surface area contributed by atoms with Crippen molar-refractivity contribution in [1.29, 1.82) is 0 Å². The molecule has 0 aliphatic carbocycles. The third kappa shape index (κ3) is 5.26. The number of carbonyl (C=O) groups excluding carboxylic acids is 2. The van der Waals surface area contributed by atoms with Crippen LogP contribution in [-0.4, -0.2) is 92.2 Å². The average Bonchev–Trinajstić information content (AvgIpc) is 2.92. The van der Waals surface area contributed by atoms with Gasteiger partial charge in [0.25, 0.3) is 0 Å². The molecule has 2 atom stereocenters. The van der Waals surface area contributed by atoms with Crippen LogP contribution in [0, 0.1) is 5.92 Å². The number of pyridine rings is 1. The average molecular weight is 480 g/mol. The summed E-state index contributed by atoms with van der Waals surface area (Å²) in [6.07, 6.45) is 4.13. The number of fused-ring (bicyclic) bond motifs is 3. The summed E-state index contributed by atoms with van der Waals surface area (Å²) in [5, 5.41) is 3.14. The Morgan fingerprint density at radius 3 is 2.69 bits per heavy atom. The molecular formula is C26H33N5O4. The third-order valence-corrected chi connectivity index (χ3v) is 7.28. The summed E-state index contributed by atoms with van der Waals surface area (Å²) in [4.78, 5) is 36.8. The molecule has 35 heavy (non-hydrogen) atoms. The zero-order valence-electron chi connectivity index (χ0n) is 20.2. The second-order valence-electron chi connectivity index (χ2n) is 9.37. The van der Waals surface area contributed by atoms with Gasteiger partial charge >= 0.3 is 0 Å². The molecule has 186 valence electrons. The highest BCUT2D eigenvalue weighted by Crippen LogP contribution is 2.38. The second kappa shape index (κ2) is 10.6. The van der Waals surface area contributed by atoms with E-state index >= 15 is 0 Å². The van der Waals surface area contributed by atoms with Crippen molar-refractivity contribution in [2.75, 3.05) is 64.5 Å². The molecule has 3 aliphatic heterocycles. The maximum Gasteiger partial charge on any atom is 0.236 e. The van der Waals surface area contributed by atoms with Gasteiger partial charge < -0.3 is 24.6 Å². The Hall–Kier alpha value is -3.17. The standard InChI is InChI=1S/C26H33N5O4/c1-34-21-3-2-20-14-22(26(33)28-16-19-4-6-27-7-5-19)24-17-29(8-9-31(24)23(20)15-21)18-25(32)30-10-12-35-13-11-30/h2-7,15,22,24H,8-14,16-18H2,1H3,(H,28,33)/t22-,24+/m0/s1. The van der Waals surface area contributed by atoms with Gasteiger partial charge in [-0.3, -0.25) is 19.5 Å². The van der Waals surface area contributed by atoms with Gasteiger partial charge in [0.15, 0.2) is 0 Å². The molecule has 1 aromatic heterocycles. The van der Waals surface area contributed by atoms with Crippen molar-refractivity contribution in [3.63, 3.8) is 0 Å². The van der Waals surface area contributed by atoms with E-state index in [2.05, 4.69) is 32.2 Å². The number of hydrogen-bond donors (Lipinski definition) is 1. The number of carbonyl (C=O) groups is 2. The smallest absolute Gasteiger partial charge is 0.236 e. The first kappa shape index (κ1) is 23.6. The van der Waals surface area contributed by atoms with E-state index in [1.165, 1.54) is 0 Å². The molecular weight excluding hydrogens is 446 g/mol. The molecule has 5 rings (SSSR count).